The van der Waals surface area contributed by atoms with E-state index >= 15 is 0 Å². The van der Waals surface area contributed by atoms with Crippen molar-refractivity contribution in [3.63, 3.8) is 0 Å². The molecule has 1 fully saturated rings. The molecule has 2 rings (SSSR count). The Balaban J connectivity index is 1.78. The minimum atomic E-state index is -0.449. The van der Waals surface area contributed by atoms with Gasteiger partial charge in [-0.15, -0.1) is 0 Å². The van der Waals surface area contributed by atoms with Crippen molar-refractivity contribution < 1.29 is 5.11 Å². The van der Waals surface area contributed by atoms with Crippen LogP contribution in [0.5, 0.6) is 0 Å². The van der Waals surface area contributed by atoms with E-state index in [4.69, 9.17) is 0 Å². The van der Waals surface area contributed by atoms with Crippen LogP contribution < -0.4 is 5.32 Å². The maximum absolute atomic E-state index is 10.3. The first-order chi connectivity index (χ1) is 9.09. The fourth-order valence-corrected chi connectivity index (χ4v) is 2.86. The zero-order valence-electron chi connectivity index (χ0n) is 12.4. The molecule has 3 heteroatoms. The summed E-state index contributed by atoms with van der Waals surface area (Å²) in [6.45, 7) is 7.19. The highest BCUT2D eigenvalue weighted by molar-refractivity contribution is 5.07. The van der Waals surface area contributed by atoms with Crippen LogP contribution in [0.15, 0.2) is 18.3 Å². The van der Waals surface area contributed by atoms with E-state index in [1.54, 1.807) is 0 Å². The Kier molecular flexibility index (Phi) is 5.06. The van der Waals surface area contributed by atoms with Crippen molar-refractivity contribution >= 4 is 0 Å². The Bertz CT molecular complexity index is 378. The van der Waals surface area contributed by atoms with Gasteiger partial charge >= 0.3 is 0 Å². The van der Waals surface area contributed by atoms with E-state index in [1.807, 2.05) is 0 Å². The van der Waals surface area contributed by atoms with Gasteiger partial charge in [0.1, 0.15) is 0 Å². The highest BCUT2D eigenvalue weighted by Gasteiger charge is 2.30. The Hall–Kier alpha value is -0.800. The first kappa shape index (κ1) is 14.6. The van der Waals surface area contributed by atoms with Crippen molar-refractivity contribution in [2.75, 3.05) is 6.54 Å². The SMILES string of the molecule is CC(C)CCn1cccc1CNCC1(O)CCCC1. The lowest BCUT2D eigenvalue weighted by molar-refractivity contribution is 0.0473. The topological polar surface area (TPSA) is 37.2 Å². The number of nitrogens with zero attached hydrogens (tertiary/aromatic N) is 1. The molecule has 2 N–H and O–H groups in total. The monoisotopic (exact) mass is 264 g/mol. The molecular weight excluding hydrogens is 236 g/mol. The Morgan fingerprint density at radius 2 is 2.11 bits per heavy atom. The third-order valence-electron chi connectivity index (χ3n) is 4.17. The Morgan fingerprint density at radius 1 is 1.37 bits per heavy atom. The second-order valence-electron chi connectivity index (χ2n) is 6.41. The standard InChI is InChI=1S/C16H28N2O/c1-14(2)7-11-18-10-5-6-15(18)12-17-13-16(19)8-3-4-9-16/h5-6,10,14,17,19H,3-4,7-9,11-13H2,1-2H3. The Labute approximate surface area is 117 Å². The molecule has 0 aliphatic heterocycles. The molecule has 19 heavy (non-hydrogen) atoms. The van der Waals surface area contributed by atoms with Crippen molar-refractivity contribution in [2.45, 2.75) is 64.6 Å². The van der Waals surface area contributed by atoms with E-state index in [1.165, 1.54) is 25.0 Å². The average molecular weight is 264 g/mol. The lowest BCUT2D eigenvalue weighted by atomic mass is 10.0. The maximum atomic E-state index is 10.3. The van der Waals surface area contributed by atoms with E-state index in [0.29, 0.717) is 0 Å². The van der Waals surface area contributed by atoms with Crippen LogP contribution in [0.1, 0.15) is 51.6 Å². The summed E-state index contributed by atoms with van der Waals surface area (Å²) in [5.41, 5.74) is 0.872. The summed E-state index contributed by atoms with van der Waals surface area (Å²) >= 11 is 0. The maximum Gasteiger partial charge on any atom is 0.0771 e. The van der Waals surface area contributed by atoms with E-state index < -0.39 is 5.60 Å². The molecule has 1 aliphatic rings. The molecule has 1 saturated carbocycles. The van der Waals surface area contributed by atoms with Gasteiger partial charge in [-0.05, 0) is 37.3 Å². The van der Waals surface area contributed by atoms with Crippen LogP contribution in [-0.2, 0) is 13.1 Å². The van der Waals surface area contributed by atoms with Gasteiger partial charge in [0, 0.05) is 31.5 Å². The lowest BCUT2D eigenvalue weighted by Gasteiger charge is -2.22. The van der Waals surface area contributed by atoms with Crippen LogP contribution in [0.25, 0.3) is 0 Å². The van der Waals surface area contributed by atoms with Crippen molar-refractivity contribution in [1.29, 1.82) is 0 Å². The van der Waals surface area contributed by atoms with Gasteiger partial charge in [-0.3, -0.25) is 0 Å². The summed E-state index contributed by atoms with van der Waals surface area (Å²) in [5, 5.41) is 13.7. The molecule has 0 aromatic carbocycles. The predicted octanol–water partition coefficient (Wildman–Crippen LogP) is 2.93. The molecule has 1 aromatic heterocycles. The van der Waals surface area contributed by atoms with Gasteiger partial charge in [-0.25, -0.2) is 0 Å². The largest absolute Gasteiger partial charge is 0.389 e. The quantitative estimate of drug-likeness (QED) is 0.794. The molecule has 3 nitrogen and oxygen atoms in total. The molecule has 0 spiro atoms. The molecule has 0 unspecified atom stereocenters. The first-order valence-corrected chi connectivity index (χ1v) is 7.66. The first-order valence-electron chi connectivity index (χ1n) is 7.66. The summed E-state index contributed by atoms with van der Waals surface area (Å²) in [7, 11) is 0. The third-order valence-corrected chi connectivity index (χ3v) is 4.17. The number of rotatable bonds is 7. The van der Waals surface area contributed by atoms with Crippen LogP contribution in [0.3, 0.4) is 0 Å². The van der Waals surface area contributed by atoms with E-state index in [2.05, 4.69) is 42.1 Å². The van der Waals surface area contributed by atoms with Crippen molar-refractivity contribution in [2.24, 2.45) is 5.92 Å². The molecule has 1 aromatic rings. The number of nitrogens with one attached hydrogen (secondary N) is 1. The second kappa shape index (κ2) is 6.58. The summed E-state index contributed by atoms with van der Waals surface area (Å²) < 4.78 is 2.33. The minimum absolute atomic E-state index is 0.449. The molecule has 0 amide bonds. The molecule has 1 heterocycles. The highest BCUT2D eigenvalue weighted by Crippen LogP contribution is 2.28. The van der Waals surface area contributed by atoms with E-state index in [0.717, 1.165) is 38.4 Å². The number of hydrogen-bond donors (Lipinski definition) is 2. The molecular formula is C16H28N2O. The molecule has 0 radical (unpaired) electrons. The summed E-state index contributed by atoms with van der Waals surface area (Å²) in [4.78, 5) is 0. The molecule has 0 atom stereocenters. The summed E-state index contributed by atoms with van der Waals surface area (Å²) in [5.74, 6) is 0.738. The van der Waals surface area contributed by atoms with Crippen LogP contribution >= 0.6 is 0 Å². The van der Waals surface area contributed by atoms with Crippen molar-refractivity contribution in [3.05, 3.63) is 24.0 Å². The van der Waals surface area contributed by atoms with Crippen LogP contribution in [0.2, 0.25) is 0 Å². The number of hydrogen-bond acceptors (Lipinski definition) is 2. The number of aromatic nitrogens is 1. The smallest absolute Gasteiger partial charge is 0.0771 e. The highest BCUT2D eigenvalue weighted by atomic mass is 16.3. The zero-order valence-corrected chi connectivity index (χ0v) is 12.4. The predicted molar refractivity (Wildman–Crippen MR) is 79.0 cm³/mol. The third kappa shape index (κ3) is 4.36. The van der Waals surface area contributed by atoms with Crippen LogP contribution in [-0.4, -0.2) is 21.8 Å². The van der Waals surface area contributed by atoms with Gasteiger partial charge < -0.3 is 15.0 Å². The van der Waals surface area contributed by atoms with Crippen molar-refractivity contribution in [1.82, 2.24) is 9.88 Å². The fourth-order valence-electron chi connectivity index (χ4n) is 2.86. The van der Waals surface area contributed by atoms with Gasteiger partial charge in [0.15, 0.2) is 0 Å². The van der Waals surface area contributed by atoms with Gasteiger partial charge in [0.2, 0.25) is 0 Å². The molecule has 108 valence electrons. The number of aryl methyl sites for hydroxylation is 1. The molecule has 0 saturated heterocycles. The normalized spacial score (nSPS) is 18.3. The summed E-state index contributed by atoms with van der Waals surface area (Å²) in [6, 6.07) is 4.29. The fraction of sp³-hybridized carbons (Fsp3) is 0.750. The number of aliphatic hydroxyl groups is 1. The van der Waals surface area contributed by atoms with Gasteiger partial charge in [-0.2, -0.15) is 0 Å². The van der Waals surface area contributed by atoms with E-state index in [-0.39, 0.29) is 0 Å². The van der Waals surface area contributed by atoms with Gasteiger partial charge in [0.05, 0.1) is 5.60 Å². The summed E-state index contributed by atoms with van der Waals surface area (Å²) in [6.07, 6.45) is 7.61. The average Bonchev–Trinajstić information content (AvgIpc) is 2.96. The van der Waals surface area contributed by atoms with Crippen LogP contribution in [0.4, 0.5) is 0 Å². The Morgan fingerprint density at radius 3 is 2.79 bits per heavy atom. The molecule has 0 bridgehead atoms. The van der Waals surface area contributed by atoms with Crippen LogP contribution in [0, 0.1) is 5.92 Å². The van der Waals surface area contributed by atoms with Gasteiger partial charge in [0.25, 0.3) is 0 Å². The minimum Gasteiger partial charge on any atom is -0.389 e. The second-order valence-corrected chi connectivity index (χ2v) is 6.41. The van der Waals surface area contributed by atoms with Crippen molar-refractivity contribution in [3.8, 4) is 0 Å². The van der Waals surface area contributed by atoms with Gasteiger partial charge in [-0.1, -0.05) is 26.7 Å². The molecule has 1 aliphatic carbocycles. The zero-order chi connectivity index (χ0) is 13.7. The lowest BCUT2D eigenvalue weighted by Crippen LogP contribution is -2.37. The van der Waals surface area contributed by atoms with E-state index in [9.17, 15) is 5.11 Å².